The molecule has 0 bridgehead atoms. The second-order valence-corrected chi connectivity index (χ2v) is 3.14. The largest absolute Gasteiger partial charge is 0.494 e. The Morgan fingerprint density at radius 3 is 2.56 bits per heavy atom. The number of hydrogen-bond acceptors (Lipinski definition) is 3. The number of alkyl halides is 1. The Morgan fingerprint density at radius 2 is 1.94 bits per heavy atom. The summed E-state index contributed by atoms with van der Waals surface area (Å²) in [5.74, 6) is 1.48. The van der Waals surface area contributed by atoms with E-state index in [0.29, 0.717) is 13.2 Å². The van der Waals surface area contributed by atoms with Gasteiger partial charge < -0.3 is 14.8 Å². The van der Waals surface area contributed by atoms with Gasteiger partial charge in [0.15, 0.2) is 0 Å². The van der Waals surface area contributed by atoms with E-state index in [1.807, 2.05) is 32.0 Å². The van der Waals surface area contributed by atoms with Crippen molar-refractivity contribution < 1.29 is 13.9 Å². The first-order valence-corrected chi connectivity index (χ1v) is 5.51. The smallest absolute Gasteiger partial charge is 0.142 e. The lowest BCUT2D eigenvalue weighted by atomic mass is 10.2. The minimum Gasteiger partial charge on any atom is -0.494 e. The molecule has 1 aromatic rings. The van der Waals surface area contributed by atoms with E-state index in [1.165, 1.54) is 0 Å². The highest BCUT2D eigenvalue weighted by atomic mass is 19.1. The fourth-order valence-corrected chi connectivity index (χ4v) is 1.37. The molecule has 3 nitrogen and oxygen atoms in total. The molecule has 0 aromatic heterocycles. The monoisotopic (exact) mass is 227 g/mol. The standard InChI is InChI=1S/C12H18FNO2/c1-3-15-10-5-6-12(16-4-2)11(9-10)14-8-7-13/h5-6,9,14H,3-4,7-8H2,1-2H3. The Bertz CT molecular complexity index is 318. The molecule has 0 saturated heterocycles. The molecular formula is C12H18FNO2. The third-order valence-corrected chi connectivity index (χ3v) is 1.97. The number of hydrogen-bond donors (Lipinski definition) is 1. The van der Waals surface area contributed by atoms with Crippen molar-refractivity contribution in [2.45, 2.75) is 13.8 Å². The fourth-order valence-electron chi connectivity index (χ4n) is 1.37. The molecule has 4 heteroatoms. The maximum absolute atomic E-state index is 12.1. The van der Waals surface area contributed by atoms with Crippen LogP contribution in [0.1, 0.15) is 13.8 Å². The van der Waals surface area contributed by atoms with Crippen molar-refractivity contribution in [3.05, 3.63) is 18.2 Å². The van der Waals surface area contributed by atoms with Crippen molar-refractivity contribution >= 4 is 5.69 Å². The normalized spacial score (nSPS) is 9.94. The number of anilines is 1. The molecule has 0 aliphatic heterocycles. The maximum atomic E-state index is 12.1. The zero-order valence-electron chi connectivity index (χ0n) is 9.75. The topological polar surface area (TPSA) is 30.5 Å². The summed E-state index contributed by atoms with van der Waals surface area (Å²) in [5.41, 5.74) is 0.769. The SMILES string of the molecule is CCOc1ccc(OCC)c(NCCF)c1. The van der Waals surface area contributed by atoms with Crippen LogP contribution in [-0.4, -0.2) is 26.4 Å². The molecule has 0 fully saturated rings. The summed E-state index contributed by atoms with van der Waals surface area (Å²) in [6, 6.07) is 5.49. The molecule has 1 aromatic carbocycles. The lowest BCUT2D eigenvalue weighted by Gasteiger charge is -2.13. The molecule has 16 heavy (non-hydrogen) atoms. The van der Waals surface area contributed by atoms with Crippen LogP contribution in [0.4, 0.5) is 10.1 Å². The van der Waals surface area contributed by atoms with Gasteiger partial charge in [-0.2, -0.15) is 0 Å². The van der Waals surface area contributed by atoms with Crippen LogP contribution in [0.5, 0.6) is 11.5 Å². The Labute approximate surface area is 95.6 Å². The Morgan fingerprint density at radius 1 is 1.19 bits per heavy atom. The van der Waals surface area contributed by atoms with Crippen molar-refractivity contribution in [1.29, 1.82) is 0 Å². The molecule has 0 spiro atoms. The molecule has 1 rings (SSSR count). The van der Waals surface area contributed by atoms with Crippen LogP contribution in [0.2, 0.25) is 0 Å². The van der Waals surface area contributed by atoms with Crippen LogP contribution in [-0.2, 0) is 0 Å². The molecule has 0 unspecified atom stereocenters. The summed E-state index contributed by atoms with van der Waals surface area (Å²) >= 11 is 0. The summed E-state index contributed by atoms with van der Waals surface area (Å²) in [6.07, 6.45) is 0. The number of halogens is 1. The van der Waals surface area contributed by atoms with Crippen LogP contribution in [0.3, 0.4) is 0 Å². The first-order chi connectivity index (χ1) is 7.81. The average molecular weight is 227 g/mol. The minimum atomic E-state index is -0.412. The third-order valence-electron chi connectivity index (χ3n) is 1.97. The molecule has 0 radical (unpaired) electrons. The van der Waals surface area contributed by atoms with Crippen LogP contribution in [0, 0.1) is 0 Å². The number of ether oxygens (including phenoxy) is 2. The van der Waals surface area contributed by atoms with Gasteiger partial charge in [-0.1, -0.05) is 0 Å². The van der Waals surface area contributed by atoms with Gasteiger partial charge in [0.25, 0.3) is 0 Å². The van der Waals surface area contributed by atoms with E-state index in [-0.39, 0.29) is 6.54 Å². The number of benzene rings is 1. The van der Waals surface area contributed by atoms with Gasteiger partial charge in [-0.25, -0.2) is 4.39 Å². The van der Waals surface area contributed by atoms with Crippen molar-refractivity contribution in [1.82, 2.24) is 0 Å². The van der Waals surface area contributed by atoms with Crippen molar-refractivity contribution in [2.24, 2.45) is 0 Å². The molecule has 0 heterocycles. The third kappa shape index (κ3) is 3.61. The second kappa shape index (κ2) is 6.93. The Balaban J connectivity index is 2.82. The zero-order valence-corrected chi connectivity index (χ0v) is 9.75. The highest BCUT2D eigenvalue weighted by Gasteiger charge is 2.04. The predicted molar refractivity (Wildman–Crippen MR) is 63.2 cm³/mol. The van der Waals surface area contributed by atoms with E-state index in [2.05, 4.69) is 5.32 Å². The highest BCUT2D eigenvalue weighted by Crippen LogP contribution is 2.29. The summed E-state index contributed by atoms with van der Waals surface area (Å²) in [5, 5.41) is 2.97. The van der Waals surface area contributed by atoms with Gasteiger partial charge in [0.2, 0.25) is 0 Å². The molecular weight excluding hydrogens is 209 g/mol. The van der Waals surface area contributed by atoms with Crippen LogP contribution in [0.15, 0.2) is 18.2 Å². The van der Waals surface area contributed by atoms with E-state index in [1.54, 1.807) is 0 Å². The second-order valence-electron chi connectivity index (χ2n) is 3.14. The first-order valence-electron chi connectivity index (χ1n) is 5.51. The summed E-state index contributed by atoms with van der Waals surface area (Å²) in [4.78, 5) is 0. The van der Waals surface area contributed by atoms with Gasteiger partial charge >= 0.3 is 0 Å². The van der Waals surface area contributed by atoms with E-state index >= 15 is 0 Å². The molecule has 0 atom stereocenters. The van der Waals surface area contributed by atoms with Gasteiger partial charge in [0.1, 0.15) is 18.2 Å². The molecule has 1 N–H and O–H groups in total. The maximum Gasteiger partial charge on any atom is 0.142 e. The van der Waals surface area contributed by atoms with E-state index < -0.39 is 6.67 Å². The van der Waals surface area contributed by atoms with Gasteiger partial charge in [0, 0.05) is 12.6 Å². The molecule has 90 valence electrons. The van der Waals surface area contributed by atoms with E-state index in [0.717, 1.165) is 17.2 Å². The summed E-state index contributed by atoms with van der Waals surface area (Å²) in [6.45, 7) is 4.88. The lowest BCUT2D eigenvalue weighted by molar-refractivity contribution is 0.331. The molecule has 0 aliphatic rings. The lowest BCUT2D eigenvalue weighted by Crippen LogP contribution is -2.06. The average Bonchev–Trinajstić information content (AvgIpc) is 2.30. The first kappa shape index (κ1) is 12.6. The number of nitrogens with one attached hydrogen (secondary N) is 1. The van der Waals surface area contributed by atoms with Gasteiger partial charge in [0.05, 0.1) is 18.9 Å². The van der Waals surface area contributed by atoms with Gasteiger partial charge in [-0.3, -0.25) is 0 Å². The summed E-state index contributed by atoms with van der Waals surface area (Å²) < 4.78 is 22.9. The number of rotatable bonds is 7. The molecule has 0 aliphatic carbocycles. The van der Waals surface area contributed by atoms with Gasteiger partial charge in [-0.05, 0) is 26.0 Å². The van der Waals surface area contributed by atoms with Crippen molar-refractivity contribution in [2.75, 3.05) is 31.7 Å². The predicted octanol–water partition coefficient (Wildman–Crippen LogP) is 2.87. The van der Waals surface area contributed by atoms with Crippen molar-refractivity contribution in [3.63, 3.8) is 0 Å². The minimum absolute atomic E-state index is 0.273. The summed E-state index contributed by atoms with van der Waals surface area (Å²) in [7, 11) is 0. The fraction of sp³-hybridized carbons (Fsp3) is 0.500. The van der Waals surface area contributed by atoms with E-state index in [9.17, 15) is 4.39 Å². The van der Waals surface area contributed by atoms with E-state index in [4.69, 9.17) is 9.47 Å². The molecule has 0 amide bonds. The van der Waals surface area contributed by atoms with Crippen molar-refractivity contribution in [3.8, 4) is 11.5 Å². The van der Waals surface area contributed by atoms with Gasteiger partial charge in [-0.15, -0.1) is 0 Å². The molecule has 0 saturated carbocycles. The Hall–Kier alpha value is -1.45. The zero-order chi connectivity index (χ0) is 11.8. The highest BCUT2D eigenvalue weighted by molar-refractivity contribution is 5.59. The van der Waals surface area contributed by atoms with Crippen LogP contribution < -0.4 is 14.8 Å². The quantitative estimate of drug-likeness (QED) is 0.777. The Kier molecular flexibility index (Phi) is 5.46. The van der Waals surface area contributed by atoms with Crippen LogP contribution >= 0.6 is 0 Å². The van der Waals surface area contributed by atoms with Crippen LogP contribution in [0.25, 0.3) is 0 Å².